The molecule has 98 valence electrons. The van der Waals surface area contributed by atoms with Gasteiger partial charge in [-0.3, -0.25) is 0 Å². The summed E-state index contributed by atoms with van der Waals surface area (Å²) in [4.78, 5) is 11.5. The second kappa shape index (κ2) is 6.64. The van der Waals surface area contributed by atoms with Crippen LogP contribution >= 0.6 is 0 Å². The maximum absolute atomic E-state index is 11.5. The summed E-state index contributed by atoms with van der Waals surface area (Å²) in [6, 6.07) is 0.185. The zero-order chi connectivity index (χ0) is 12.7. The van der Waals surface area contributed by atoms with Gasteiger partial charge in [0, 0.05) is 19.2 Å². The molecule has 0 aromatic heterocycles. The molecule has 3 N–H and O–H groups in total. The predicted molar refractivity (Wildman–Crippen MR) is 68.8 cm³/mol. The van der Waals surface area contributed by atoms with E-state index in [4.69, 9.17) is 5.11 Å². The third-order valence-electron chi connectivity index (χ3n) is 3.09. The van der Waals surface area contributed by atoms with Crippen molar-refractivity contribution in [1.82, 2.24) is 10.6 Å². The monoisotopic (exact) mass is 240 g/mol. The van der Waals surface area contributed by atoms with Crippen LogP contribution in [0.2, 0.25) is 0 Å². The summed E-state index contributed by atoms with van der Waals surface area (Å²) in [5.41, 5.74) is -0.0481. The number of carbonyl (C=O) groups excluding carboxylic acids is 1. The molecule has 0 bridgehead atoms. The van der Waals surface area contributed by atoms with E-state index in [-0.39, 0.29) is 24.1 Å². The molecule has 4 heteroatoms. The molecule has 1 aliphatic rings. The van der Waals surface area contributed by atoms with E-state index in [2.05, 4.69) is 22.8 Å². The van der Waals surface area contributed by atoms with Crippen molar-refractivity contribution in [3.8, 4) is 0 Å². The first-order valence-corrected chi connectivity index (χ1v) is 6.34. The van der Waals surface area contributed by atoms with Gasteiger partial charge < -0.3 is 15.7 Å². The molecule has 0 spiro atoms. The minimum atomic E-state index is -0.0829. The Hall–Kier alpha value is -1.03. The van der Waals surface area contributed by atoms with Crippen molar-refractivity contribution in [3.05, 3.63) is 12.2 Å². The zero-order valence-electron chi connectivity index (χ0n) is 10.8. The molecule has 0 fully saturated rings. The Kier molecular flexibility index (Phi) is 5.48. The lowest BCUT2D eigenvalue weighted by molar-refractivity contribution is 0.148. The normalized spacial score (nSPS) is 16.2. The number of hydrogen-bond acceptors (Lipinski definition) is 2. The first-order valence-electron chi connectivity index (χ1n) is 6.34. The fourth-order valence-electron chi connectivity index (χ4n) is 1.82. The van der Waals surface area contributed by atoms with Gasteiger partial charge in [0.05, 0.1) is 0 Å². The predicted octanol–water partition coefficient (Wildman–Crippen LogP) is 1.80. The molecule has 0 aliphatic heterocycles. The largest absolute Gasteiger partial charge is 0.396 e. The SMILES string of the molecule is CC(C)(CO)CCCNC(=O)NC1CC=CC1. The Bertz CT molecular complexity index is 267. The Morgan fingerprint density at radius 1 is 1.41 bits per heavy atom. The maximum atomic E-state index is 11.5. The van der Waals surface area contributed by atoms with Crippen LogP contribution in [0.15, 0.2) is 12.2 Å². The van der Waals surface area contributed by atoms with E-state index in [0.29, 0.717) is 6.54 Å². The van der Waals surface area contributed by atoms with Crippen molar-refractivity contribution < 1.29 is 9.90 Å². The van der Waals surface area contributed by atoms with Crippen molar-refractivity contribution in [1.29, 1.82) is 0 Å². The number of amides is 2. The highest BCUT2D eigenvalue weighted by Crippen LogP contribution is 2.20. The lowest BCUT2D eigenvalue weighted by atomic mass is 9.89. The number of rotatable bonds is 6. The van der Waals surface area contributed by atoms with E-state index in [1.165, 1.54) is 0 Å². The van der Waals surface area contributed by atoms with E-state index in [1.54, 1.807) is 0 Å². The third-order valence-corrected chi connectivity index (χ3v) is 3.09. The Labute approximate surface area is 103 Å². The van der Waals surface area contributed by atoms with Crippen LogP contribution in [0, 0.1) is 5.41 Å². The molecule has 0 aromatic carbocycles. The lowest BCUT2D eigenvalue weighted by Crippen LogP contribution is -2.41. The summed E-state index contributed by atoms with van der Waals surface area (Å²) in [7, 11) is 0. The van der Waals surface area contributed by atoms with Crippen LogP contribution in [0.5, 0.6) is 0 Å². The van der Waals surface area contributed by atoms with Gasteiger partial charge in [-0.2, -0.15) is 0 Å². The fourth-order valence-corrected chi connectivity index (χ4v) is 1.82. The molecular weight excluding hydrogens is 216 g/mol. The second-order valence-corrected chi connectivity index (χ2v) is 5.47. The highest BCUT2D eigenvalue weighted by molar-refractivity contribution is 5.74. The summed E-state index contributed by atoms with van der Waals surface area (Å²) in [6.45, 7) is 4.90. The molecule has 0 atom stereocenters. The van der Waals surface area contributed by atoms with Gasteiger partial charge in [0.15, 0.2) is 0 Å². The first-order chi connectivity index (χ1) is 8.03. The summed E-state index contributed by atoms with van der Waals surface area (Å²) in [6.07, 6.45) is 7.86. The van der Waals surface area contributed by atoms with Gasteiger partial charge in [-0.05, 0) is 31.1 Å². The molecule has 1 rings (SSSR count). The number of hydrogen-bond donors (Lipinski definition) is 3. The number of aliphatic hydroxyl groups is 1. The Morgan fingerprint density at radius 2 is 2.06 bits per heavy atom. The summed E-state index contributed by atoms with van der Waals surface area (Å²) in [5, 5.41) is 14.9. The third kappa shape index (κ3) is 5.73. The summed E-state index contributed by atoms with van der Waals surface area (Å²) in [5.74, 6) is 0. The standard InChI is InChI=1S/C13H24N2O2/c1-13(2,10-16)8-5-9-14-12(17)15-11-6-3-4-7-11/h3-4,11,16H,5-10H2,1-2H3,(H2,14,15,17). The molecule has 1 aliphatic carbocycles. The van der Waals surface area contributed by atoms with Gasteiger partial charge in [0.2, 0.25) is 0 Å². The molecule has 0 heterocycles. The van der Waals surface area contributed by atoms with E-state index in [0.717, 1.165) is 25.7 Å². The first kappa shape index (κ1) is 14.0. The van der Waals surface area contributed by atoms with E-state index < -0.39 is 0 Å². The topological polar surface area (TPSA) is 61.4 Å². The quantitative estimate of drug-likeness (QED) is 0.490. The maximum Gasteiger partial charge on any atom is 0.315 e. The molecule has 0 unspecified atom stereocenters. The van der Waals surface area contributed by atoms with Crippen LogP contribution in [0.3, 0.4) is 0 Å². The second-order valence-electron chi connectivity index (χ2n) is 5.47. The van der Waals surface area contributed by atoms with Crippen molar-refractivity contribution in [3.63, 3.8) is 0 Å². The average Bonchev–Trinajstić information content (AvgIpc) is 2.77. The zero-order valence-corrected chi connectivity index (χ0v) is 10.8. The van der Waals surface area contributed by atoms with Crippen LogP contribution in [0.25, 0.3) is 0 Å². The summed E-state index contributed by atoms with van der Waals surface area (Å²) < 4.78 is 0. The molecule has 17 heavy (non-hydrogen) atoms. The average molecular weight is 240 g/mol. The highest BCUT2D eigenvalue weighted by atomic mass is 16.3. The van der Waals surface area contributed by atoms with Gasteiger partial charge in [0.25, 0.3) is 0 Å². The van der Waals surface area contributed by atoms with E-state index >= 15 is 0 Å². The van der Waals surface area contributed by atoms with Crippen LogP contribution < -0.4 is 10.6 Å². The van der Waals surface area contributed by atoms with Crippen molar-refractivity contribution >= 4 is 6.03 Å². The minimum absolute atomic E-state index is 0.0481. The van der Waals surface area contributed by atoms with Crippen molar-refractivity contribution in [2.24, 2.45) is 5.41 Å². The van der Waals surface area contributed by atoms with Crippen LogP contribution in [0.1, 0.15) is 39.5 Å². The van der Waals surface area contributed by atoms with Gasteiger partial charge in [-0.25, -0.2) is 4.79 Å². The molecule has 0 radical (unpaired) electrons. The van der Waals surface area contributed by atoms with Gasteiger partial charge in [0.1, 0.15) is 0 Å². The van der Waals surface area contributed by atoms with E-state index in [1.807, 2.05) is 13.8 Å². The van der Waals surface area contributed by atoms with Crippen molar-refractivity contribution in [2.75, 3.05) is 13.2 Å². The number of nitrogens with one attached hydrogen (secondary N) is 2. The van der Waals surface area contributed by atoms with Gasteiger partial charge in [-0.1, -0.05) is 26.0 Å². The summed E-state index contributed by atoms with van der Waals surface area (Å²) >= 11 is 0. The molecule has 0 aromatic rings. The number of urea groups is 1. The van der Waals surface area contributed by atoms with Crippen LogP contribution in [-0.2, 0) is 0 Å². The smallest absolute Gasteiger partial charge is 0.315 e. The molecule has 2 amide bonds. The van der Waals surface area contributed by atoms with Gasteiger partial charge in [-0.15, -0.1) is 0 Å². The molecule has 0 saturated heterocycles. The van der Waals surface area contributed by atoms with Crippen LogP contribution in [-0.4, -0.2) is 30.3 Å². The molecule has 0 saturated carbocycles. The van der Waals surface area contributed by atoms with Crippen LogP contribution in [0.4, 0.5) is 4.79 Å². The molecular formula is C13H24N2O2. The van der Waals surface area contributed by atoms with Gasteiger partial charge >= 0.3 is 6.03 Å². The fraction of sp³-hybridized carbons (Fsp3) is 0.769. The lowest BCUT2D eigenvalue weighted by Gasteiger charge is -2.21. The Morgan fingerprint density at radius 3 is 2.65 bits per heavy atom. The number of carbonyl (C=O) groups is 1. The number of aliphatic hydroxyl groups excluding tert-OH is 1. The minimum Gasteiger partial charge on any atom is -0.396 e. The van der Waals surface area contributed by atoms with Crippen molar-refractivity contribution in [2.45, 2.75) is 45.6 Å². The van der Waals surface area contributed by atoms with E-state index in [9.17, 15) is 4.79 Å². The molecule has 4 nitrogen and oxygen atoms in total. The Balaban J connectivity index is 2.04. The highest BCUT2D eigenvalue weighted by Gasteiger charge is 2.16.